The Labute approximate surface area is 490 Å². The molecule has 0 aromatic rings. The standard InChI is InChI=1S/C73H128O6/c1-4-7-10-13-16-19-21-23-25-27-29-31-32-33-34-35-36-37-38-39-40-41-42-43-45-46-48-50-52-54-57-60-63-66-72(75)78-69-70(68-77-71(74)65-62-59-56-18-15-12-9-6-3)79-73(76)67-64-61-58-55-53-51-49-47-44-30-28-26-24-22-20-17-14-11-8-5-2/h7,10,16,19,23,25,29,31,33-34,36-37,39-40,70H,4-6,8-9,11-15,17-18,20-22,24,26-28,30,32,35,38,41-69H2,1-3H3/b10-7-,19-16-,25-23-,31-29-,34-33-,37-36-,40-39-. The van der Waals surface area contributed by atoms with Crippen LogP contribution >= 0.6 is 0 Å². The van der Waals surface area contributed by atoms with Crippen molar-refractivity contribution in [2.45, 2.75) is 348 Å². The Balaban J connectivity index is 4.11. The highest BCUT2D eigenvalue weighted by molar-refractivity contribution is 5.71. The van der Waals surface area contributed by atoms with Crippen molar-refractivity contribution in [1.82, 2.24) is 0 Å². The zero-order valence-electron chi connectivity index (χ0n) is 52.4. The van der Waals surface area contributed by atoms with E-state index in [0.717, 1.165) is 103 Å². The maximum atomic E-state index is 12.9. The molecule has 6 nitrogen and oxygen atoms in total. The molecule has 0 bridgehead atoms. The summed E-state index contributed by atoms with van der Waals surface area (Å²) < 4.78 is 16.9. The maximum absolute atomic E-state index is 12.9. The molecule has 0 aromatic carbocycles. The summed E-state index contributed by atoms with van der Waals surface area (Å²) >= 11 is 0. The number of unbranched alkanes of at least 4 members (excludes halogenated alkanes) is 37. The predicted octanol–water partition coefficient (Wildman–Crippen LogP) is 23.4. The summed E-state index contributed by atoms with van der Waals surface area (Å²) in [6.45, 7) is 6.54. The molecule has 456 valence electrons. The topological polar surface area (TPSA) is 78.9 Å². The first kappa shape index (κ1) is 75.6. The number of carbonyl (C=O) groups is 3. The highest BCUT2D eigenvalue weighted by Crippen LogP contribution is 2.18. The molecule has 0 aliphatic heterocycles. The van der Waals surface area contributed by atoms with Crippen molar-refractivity contribution in [2.75, 3.05) is 13.2 Å². The Morgan fingerprint density at radius 2 is 0.494 bits per heavy atom. The Kier molecular flexibility index (Phi) is 64.2. The lowest BCUT2D eigenvalue weighted by atomic mass is 10.0. The van der Waals surface area contributed by atoms with E-state index in [1.165, 1.54) is 199 Å². The molecule has 79 heavy (non-hydrogen) atoms. The molecular weight excluding hydrogens is 973 g/mol. The molecule has 0 fully saturated rings. The molecule has 0 rings (SSSR count). The highest BCUT2D eigenvalue weighted by atomic mass is 16.6. The smallest absolute Gasteiger partial charge is 0.306 e. The first-order valence-corrected chi connectivity index (χ1v) is 34.1. The van der Waals surface area contributed by atoms with Crippen LogP contribution in [-0.4, -0.2) is 37.2 Å². The monoisotopic (exact) mass is 1100 g/mol. The van der Waals surface area contributed by atoms with Crippen molar-refractivity contribution in [3.05, 3.63) is 85.1 Å². The van der Waals surface area contributed by atoms with Gasteiger partial charge in [-0.15, -0.1) is 0 Å². The van der Waals surface area contributed by atoms with Crippen LogP contribution in [0.15, 0.2) is 85.1 Å². The van der Waals surface area contributed by atoms with Gasteiger partial charge in [0, 0.05) is 19.3 Å². The van der Waals surface area contributed by atoms with Crippen LogP contribution in [0.5, 0.6) is 0 Å². The summed E-state index contributed by atoms with van der Waals surface area (Å²) in [5.41, 5.74) is 0. The summed E-state index contributed by atoms with van der Waals surface area (Å²) in [6, 6.07) is 0. The van der Waals surface area contributed by atoms with Gasteiger partial charge < -0.3 is 14.2 Å². The van der Waals surface area contributed by atoms with Gasteiger partial charge in [0.1, 0.15) is 13.2 Å². The highest BCUT2D eigenvalue weighted by Gasteiger charge is 2.19. The molecule has 1 unspecified atom stereocenters. The van der Waals surface area contributed by atoms with Gasteiger partial charge in [0.15, 0.2) is 6.10 Å². The number of rotatable bonds is 62. The average molecular weight is 1100 g/mol. The Bertz CT molecular complexity index is 1500. The molecule has 0 aliphatic carbocycles. The van der Waals surface area contributed by atoms with Crippen LogP contribution in [-0.2, 0) is 28.6 Å². The van der Waals surface area contributed by atoms with Gasteiger partial charge >= 0.3 is 17.9 Å². The van der Waals surface area contributed by atoms with Crippen LogP contribution in [0.2, 0.25) is 0 Å². The second-order valence-corrected chi connectivity index (χ2v) is 22.7. The van der Waals surface area contributed by atoms with E-state index in [-0.39, 0.29) is 31.1 Å². The second-order valence-electron chi connectivity index (χ2n) is 22.7. The molecule has 6 heteroatoms. The predicted molar refractivity (Wildman–Crippen MR) is 344 cm³/mol. The molecule has 0 aromatic heterocycles. The van der Waals surface area contributed by atoms with E-state index in [2.05, 4.69) is 106 Å². The van der Waals surface area contributed by atoms with E-state index in [1.54, 1.807) is 0 Å². The first-order chi connectivity index (χ1) is 39.0. The Morgan fingerprint density at radius 1 is 0.266 bits per heavy atom. The third kappa shape index (κ3) is 65.3. The molecular formula is C73H128O6. The molecule has 0 saturated carbocycles. The Hall–Kier alpha value is -3.41. The van der Waals surface area contributed by atoms with Crippen LogP contribution in [0.25, 0.3) is 0 Å². The van der Waals surface area contributed by atoms with Crippen molar-refractivity contribution in [3.63, 3.8) is 0 Å². The van der Waals surface area contributed by atoms with Crippen LogP contribution < -0.4 is 0 Å². The average Bonchev–Trinajstić information content (AvgIpc) is 3.45. The lowest BCUT2D eigenvalue weighted by molar-refractivity contribution is -0.167. The lowest BCUT2D eigenvalue weighted by Gasteiger charge is -2.18. The number of hydrogen-bond acceptors (Lipinski definition) is 6. The van der Waals surface area contributed by atoms with E-state index in [4.69, 9.17) is 14.2 Å². The fourth-order valence-corrected chi connectivity index (χ4v) is 9.84. The van der Waals surface area contributed by atoms with Gasteiger partial charge in [-0.05, 0) is 77.0 Å². The van der Waals surface area contributed by atoms with Crippen LogP contribution in [0.3, 0.4) is 0 Å². The number of ether oxygens (including phenoxy) is 3. The minimum Gasteiger partial charge on any atom is -0.462 e. The minimum atomic E-state index is -0.773. The van der Waals surface area contributed by atoms with E-state index in [0.29, 0.717) is 19.3 Å². The second kappa shape index (κ2) is 67.1. The number of allylic oxidation sites excluding steroid dienone is 14. The third-order valence-corrected chi connectivity index (χ3v) is 14.9. The molecule has 0 spiro atoms. The van der Waals surface area contributed by atoms with Gasteiger partial charge in [0.2, 0.25) is 0 Å². The van der Waals surface area contributed by atoms with Crippen molar-refractivity contribution >= 4 is 17.9 Å². The van der Waals surface area contributed by atoms with Gasteiger partial charge in [0.25, 0.3) is 0 Å². The van der Waals surface area contributed by atoms with Gasteiger partial charge in [-0.1, -0.05) is 331 Å². The van der Waals surface area contributed by atoms with E-state index in [9.17, 15) is 14.4 Å². The largest absolute Gasteiger partial charge is 0.462 e. The molecule has 1 atom stereocenters. The van der Waals surface area contributed by atoms with Crippen molar-refractivity contribution in [2.24, 2.45) is 0 Å². The normalized spacial score (nSPS) is 12.6. The zero-order valence-corrected chi connectivity index (χ0v) is 52.4. The quantitative estimate of drug-likeness (QED) is 0.0261. The SMILES string of the molecule is CC/C=C\C/C=C\C/C=C\C/C=C\C/C=C\C/C=C\C/C=C\CCCCCCCCCCCCCC(=O)OCC(COC(=O)CCCCCCCCCC)OC(=O)CCCCCCCCCCCCCCCCCCCCCC. The number of esters is 3. The zero-order chi connectivity index (χ0) is 57.1. The molecule has 0 N–H and O–H groups in total. The van der Waals surface area contributed by atoms with Gasteiger partial charge in [0.05, 0.1) is 0 Å². The van der Waals surface area contributed by atoms with Crippen LogP contribution in [0, 0.1) is 0 Å². The summed E-state index contributed by atoms with van der Waals surface area (Å²) in [6.07, 6.45) is 89.1. The molecule has 0 aliphatic rings. The molecule has 0 radical (unpaired) electrons. The molecule has 0 saturated heterocycles. The fraction of sp³-hybridized carbons (Fsp3) is 0.767. The summed E-state index contributed by atoms with van der Waals surface area (Å²) in [7, 11) is 0. The summed E-state index contributed by atoms with van der Waals surface area (Å²) in [5, 5.41) is 0. The lowest BCUT2D eigenvalue weighted by Crippen LogP contribution is -2.30. The van der Waals surface area contributed by atoms with Crippen molar-refractivity contribution in [1.29, 1.82) is 0 Å². The number of hydrogen-bond donors (Lipinski definition) is 0. The summed E-state index contributed by atoms with van der Waals surface area (Å²) in [4.78, 5) is 38.2. The van der Waals surface area contributed by atoms with E-state index in [1.807, 2.05) is 0 Å². The Morgan fingerprint density at radius 3 is 0.772 bits per heavy atom. The van der Waals surface area contributed by atoms with Crippen molar-refractivity contribution in [3.8, 4) is 0 Å². The van der Waals surface area contributed by atoms with Crippen LogP contribution in [0.1, 0.15) is 342 Å². The first-order valence-electron chi connectivity index (χ1n) is 34.1. The van der Waals surface area contributed by atoms with Gasteiger partial charge in [-0.3, -0.25) is 14.4 Å². The molecule has 0 amide bonds. The third-order valence-electron chi connectivity index (χ3n) is 14.9. The maximum Gasteiger partial charge on any atom is 0.306 e. The van der Waals surface area contributed by atoms with Gasteiger partial charge in [-0.25, -0.2) is 0 Å². The number of carbonyl (C=O) groups excluding carboxylic acids is 3. The fourth-order valence-electron chi connectivity index (χ4n) is 9.84. The van der Waals surface area contributed by atoms with Gasteiger partial charge in [-0.2, -0.15) is 0 Å². The van der Waals surface area contributed by atoms with E-state index >= 15 is 0 Å². The van der Waals surface area contributed by atoms with Crippen molar-refractivity contribution < 1.29 is 28.6 Å². The van der Waals surface area contributed by atoms with E-state index < -0.39 is 6.10 Å². The van der Waals surface area contributed by atoms with Crippen LogP contribution in [0.4, 0.5) is 0 Å². The minimum absolute atomic E-state index is 0.0716. The summed E-state index contributed by atoms with van der Waals surface area (Å²) in [5.74, 6) is -0.861. The molecule has 0 heterocycles.